The van der Waals surface area contributed by atoms with E-state index in [1.165, 1.54) is 18.4 Å². The number of rotatable bonds is 5. The molecule has 2 nitrogen and oxygen atoms in total. The lowest BCUT2D eigenvalue weighted by molar-refractivity contribution is -0.117. The van der Waals surface area contributed by atoms with Crippen molar-refractivity contribution >= 4 is 5.78 Å². The molecule has 2 heteroatoms. The summed E-state index contributed by atoms with van der Waals surface area (Å²) in [5.41, 5.74) is 2.35. The van der Waals surface area contributed by atoms with Gasteiger partial charge in [-0.2, -0.15) is 0 Å². The molecule has 1 aromatic rings. The van der Waals surface area contributed by atoms with Crippen molar-refractivity contribution in [3.63, 3.8) is 0 Å². The van der Waals surface area contributed by atoms with E-state index in [4.69, 9.17) is 0 Å². The van der Waals surface area contributed by atoms with Crippen molar-refractivity contribution in [2.75, 3.05) is 13.1 Å². The third-order valence-corrected chi connectivity index (χ3v) is 3.60. The number of ketones is 1. The number of allylic oxidation sites excluding steroid dienone is 1. The Morgan fingerprint density at radius 1 is 1.26 bits per heavy atom. The summed E-state index contributed by atoms with van der Waals surface area (Å²) in [6.07, 6.45) is 6.23. The summed E-state index contributed by atoms with van der Waals surface area (Å²) in [4.78, 5) is 14.3. The summed E-state index contributed by atoms with van der Waals surface area (Å²) < 4.78 is 0. The highest BCUT2D eigenvalue weighted by Gasteiger charge is 2.20. The first-order valence-corrected chi connectivity index (χ1v) is 7.28. The lowest BCUT2D eigenvalue weighted by atomic mass is 10.0. The Balaban J connectivity index is 1.93. The molecule has 0 aliphatic carbocycles. The summed E-state index contributed by atoms with van der Waals surface area (Å²) >= 11 is 0. The van der Waals surface area contributed by atoms with Crippen LogP contribution in [0.4, 0.5) is 0 Å². The van der Waals surface area contributed by atoms with Crippen LogP contribution in [0, 0.1) is 0 Å². The summed E-state index contributed by atoms with van der Waals surface area (Å²) in [5.74, 6) is 0.348. The number of likely N-dealkylation sites (tertiary alicyclic amines) is 1. The molecule has 0 amide bonds. The molecule has 19 heavy (non-hydrogen) atoms. The molecule has 1 fully saturated rings. The van der Waals surface area contributed by atoms with Crippen molar-refractivity contribution in [2.24, 2.45) is 0 Å². The monoisotopic (exact) mass is 257 g/mol. The third-order valence-electron chi connectivity index (χ3n) is 3.60. The third kappa shape index (κ3) is 4.32. The Bertz CT molecular complexity index is 436. The standard InChI is InChI=1S/C17H23NO/c1-2-3-5-10-16-14-18(12-11-17(16)19)13-15-8-6-4-7-9-15/h4,6-10H,2-3,5,11-14H2,1H3/b16-10+. The zero-order valence-electron chi connectivity index (χ0n) is 11.8. The summed E-state index contributed by atoms with van der Waals surface area (Å²) in [6.45, 7) is 4.83. The van der Waals surface area contributed by atoms with E-state index in [0.717, 1.165) is 31.6 Å². The topological polar surface area (TPSA) is 20.3 Å². The molecule has 2 rings (SSSR count). The van der Waals surface area contributed by atoms with Crippen molar-refractivity contribution < 1.29 is 4.79 Å². The molecule has 1 saturated heterocycles. The number of Topliss-reactive ketones (excluding diaryl/α,β-unsaturated/α-hetero) is 1. The fourth-order valence-electron chi connectivity index (χ4n) is 2.46. The van der Waals surface area contributed by atoms with Gasteiger partial charge in [0.2, 0.25) is 0 Å². The van der Waals surface area contributed by atoms with Crippen LogP contribution < -0.4 is 0 Å². The molecule has 1 heterocycles. The van der Waals surface area contributed by atoms with Gasteiger partial charge in [0.25, 0.3) is 0 Å². The second kappa shape index (κ2) is 7.25. The van der Waals surface area contributed by atoms with E-state index < -0.39 is 0 Å². The second-order valence-corrected chi connectivity index (χ2v) is 5.24. The predicted octanol–water partition coefficient (Wildman–Crippen LogP) is 3.58. The van der Waals surface area contributed by atoms with Gasteiger partial charge in [-0.1, -0.05) is 56.2 Å². The SMILES string of the molecule is CCCC/C=C1\CN(Cc2ccccc2)CCC1=O. The molecule has 0 unspecified atom stereocenters. The van der Waals surface area contributed by atoms with Gasteiger partial charge < -0.3 is 0 Å². The fourth-order valence-corrected chi connectivity index (χ4v) is 2.46. The Morgan fingerprint density at radius 2 is 2.05 bits per heavy atom. The zero-order chi connectivity index (χ0) is 13.5. The highest BCUT2D eigenvalue weighted by Crippen LogP contribution is 2.16. The van der Waals surface area contributed by atoms with Crippen molar-refractivity contribution in [1.29, 1.82) is 0 Å². The maximum atomic E-state index is 11.9. The van der Waals surface area contributed by atoms with Crippen molar-refractivity contribution in [3.8, 4) is 0 Å². The van der Waals surface area contributed by atoms with Crippen molar-refractivity contribution in [2.45, 2.75) is 39.2 Å². The van der Waals surface area contributed by atoms with Crippen LogP contribution in [-0.4, -0.2) is 23.8 Å². The van der Waals surface area contributed by atoms with Crippen LogP contribution >= 0.6 is 0 Å². The van der Waals surface area contributed by atoms with Gasteiger partial charge in [0.1, 0.15) is 0 Å². The molecule has 0 bridgehead atoms. The molecular weight excluding hydrogens is 234 g/mol. The minimum absolute atomic E-state index is 0.348. The van der Waals surface area contributed by atoms with E-state index >= 15 is 0 Å². The smallest absolute Gasteiger partial charge is 0.161 e. The fraction of sp³-hybridized carbons (Fsp3) is 0.471. The molecule has 0 atom stereocenters. The number of hydrogen-bond acceptors (Lipinski definition) is 2. The number of nitrogens with zero attached hydrogens (tertiary/aromatic N) is 1. The molecule has 102 valence electrons. The quantitative estimate of drug-likeness (QED) is 0.593. The average molecular weight is 257 g/mol. The summed E-state index contributed by atoms with van der Waals surface area (Å²) in [5, 5.41) is 0. The summed E-state index contributed by atoms with van der Waals surface area (Å²) in [6, 6.07) is 10.5. The van der Waals surface area contributed by atoms with Crippen LogP contribution in [0.25, 0.3) is 0 Å². The molecule has 0 radical (unpaired) electrons. The molecular formula is C17H23NO. The first kappa shape index (κ1) is 14.0. The maximum Gasteiger partial charge on any atom is 0.161 e. The largest absolute Gasteiger partial charge is 0.294 e. The summed E-state index contributed by atoms with van der Waals surface area (Å²) in [7, 11) is 0. The van der Waals surface area contributed by atoms with Crippen LogP contribution in [0.5, 0.6) is 0 Å². The molecule has 1 aliphatic rings. The minimum Gasteiger partial charge on any atom is -0.294 e. The van der Waals surface area contributed by atoms with Crippen molar-refractivity contribution in [3.05, 3.63) is 47.5 Å². The van der Waals surface area contributed by atoms with Gasteiger partial charge in [0.05, 0.1) is 0 Å². The number of piperidine rings is 1. The van der Waals surface area contributed by atoms with Crippen LogP contribution in [0.15, 0.2) is 42.0 Å². The van der Waals surface area contributed by atoms with Crippen LogP contribution in [0.1, 0.15) is 38.2 Å². The van der Waals surface area contributed by atoms with E-state index in [1.807, 2.05) is 6.07 Å². The van der Waals surface area contributed by atoms with E-state index in [2.05, 4.69) is 42.2 Å². The molecule has 0 saturated carbocycles. The van der Waals surface area contributed by atoms with Gasteiger partial charge in [0, 0.05) is 31.6 Å². The first-order valence-electron chi connectivity index (χ1n) is 7.28. The lowest BCUT2D eigenvalue weighted by Crippen LogP contribution is -2.35. The Kier molecular flexibility index (Phi) is 5.34. The molecule has 0 spiro atoms. The molecule has 1 aromatic carbocycles. The minimum atomic E-state index is 0.348. The van der Waals surface area contributed by atoms with Gasteiger partial charge in [-0.3, -0.25) is 9.69 Å². The van der Waals surface area contributed by atoms with E-state index in [1.54, 1.807) is 0 Å². The maximum absolute atomic E-state index is 11.9. The molecule has 0 N–H and O–H groups in total. The van der Waals surface area contributed by atoms with E-state index in [0.29, 0.717) is 12.2 Å². The van der Waals surface area contributed by atoms with Crippen molar-refractivity contribution in [1.82, 2.24) is 4.90 Å². The number of hydrogen-bond donors (Lipinski definition) is 0. The number of unbranched alkanes of at least 4 members (excludes halogenated alkanes) is 2. The first-order chi connectivity index (χ1) is 9.29. The highest BCUT2D eigenvalue weighted by molar-refractivity contribution is 5.96. The molecule has 0 aromatic heterocycles. The number of carbonyl (C=O) groups is 1. The molecule has 1 aliphatic heterocycles. The van der Waals surface area contributed by atoms with Gasteiger partial charge >= 0.3 is 0 Å². The van der Waals surface area contributed by atoms with E-state index in [9.17, 15) is 4.79 Å². The van der Waals surface area contributed by atoms with Gasteiger partial charge in [-0.05, 0) is 12.0 Å². The van der Waals surface area contributed by atoms with Crippen LogP contribution in [-0.2, 0) is 11.3 Å². The predicted molar refractivity (Wildman–Crippen MR) is 79.0 cm³/mol. The van der Waals surface area contributed by atoms with Gasteiger partial charge in [0.15, 0.2) is 5.78 Å². The zero-order valence-corrected chi connectivity index (χ0v) is 11.8. The normalized spacial score (nSPS) is 19.0. The number of benzene rings is 1. The highest BCUT2D eigenvalue weighted by atomic mass is 16.1. The second-order valence-electron chi connectivity index (χ2n) is 5.24. The van der Waals surface area contributed by atoms with Crippen LogP contribution in [0.2, 0.25) is 0 Å². The number of carbonyl (C=O) groups excluding carboxylic acids is 1. The Labute approximate surface area is 116 Å². The lowest BCUT2D eigenvalue weighted by Gasteiger charge is -2.27. The van der Waals surface area contributed by atoms with Crippen LogP contribution in [0.3, 0.4) is 0 Å². The average Bonchev–Trinajstić information content (AvgIpc) is 2.44. The van der Waals surface area contributed by atoms with Gasteiger partial charge in [-0.25, -0.2) is 0 Å². The Morgan fingerprint density at radius 3 is 2.79 bits per heavy atom. The van der Waals surface area contributed by atoms with Gasteiger partial charge in [-0.15, -0.1) is 0 Å². The van der Waals surface area contributed by atoms with E-state index in [-0.39, 0.29) is 0 Å². The Hall–Kier alpha value is -1.41.